The van der Waals surface area contributed by atoms with E-state index < -0.39 is 113 Å². The largest absolute Gasteiger partial charge is 0.508 e. The summed E-state index contributed by atoms with van der Waals surface area (Å²) >= 11 is 0. The fourth-order valence-corrected chi connectivity index (χ4v) is 4.83. The van der Waals surface area contributed by atoms with Gasteiger partial charge < -0.3 is 74.4 Å². The second kappa shape index (κ2) is 11.8. The quantitative estimate of drug-likeness (QED) is 0.144. The van der Waals surface area contributed by atoms with Gasteiger partial charge >= 0.3 is 0 Å². The van der Waals surface area contributed by atoms with E-state index in [9.17, 15) is 55.9 Å². The number of aromatic hydroxyl groups is 3. The van der Waals surface area contributed by atoms with Crippen molar-refractivity contribution >= 4 is 11.0 Å². The van der Waals surface area contributed by atoms with Gasteiger partial charge in [0.05, 0.1) is 12.7 Å². The van der Waals surface area contributed by atoms with Crippen LogP contribution in [0, 0.1) is 0 Å². The molecule has 0 saturated carbocycles. The van der Waals surface area contributed by atoms with Crippen molar-refractivity contribution in [2.24, 2.45) is 0 Å². The zero-order chi connectivity index (χ0) is 31.3. The van der Waals surface area contributed by atoms with E-state index >= 15 is 0 Å². The SMILES string of the molecule is C[C@@H]1O[C@@H](Oc2c(-c3ccc(O)cc3)oc3c(O[C@@H]4O[C@H](CO)[C@@H](O)[C@H](O)[C@H]4O)c(O)cc(O)c3c2=O)[C@@H](O)[C@H](O)[C@H]1O. The van der Waals surface area contributed by atoms with Crippen LogP contribution < -0.4 is 14.9 Å². The Hall–Kier alpha value is -3.71. The average molecular weight is 611 g/mol. The molecule has 2 aliphatic heterocycles. The maximum atomic E-state index is 13.9. The van der Waals surface area contributed by atoms with Crippen molar-refractivity contribution in [1.82, 2.24) is 0 Å². The Morgan fingerprint density at radius 2 is 1.33 bits per heavy atom. The number of hydrogen-bond donors (Lipinski definition) is 10. The smallest absolute Gasteiger partial charge is 0.239 e. The van der Waals surface area contributed by atoms with Crippen LogP contribution >= 0.6 is 0 Å². The molecule has 43 heavy (non-hydrogen) atoms. The van der Waals surface area contributed by atoms with Crippen molar-refractivity contribution in [2.75, 3.05) is 6.61 Å². The summed E-state index contributed by atoms with van der Waals surface area (Å²) < 4.78 is 27.9. The predicted octanol–water partition coefficient (Wildman–Crippen LogP) is -2.04. The van der Waals surface area contributed by atoms with Crippen LogP contribution in [0.3, 0.4) is 0 Å². The second-order valence-electron chi connectivity index (χ2n) is 10.2. The van der Waals surface area contributed by atoms with E-state index in [1.807, 2.05) is 0 Å². The van der Waals surface area contributed by atoms with Crippen LogP contribution in [0.15, 0.2) is 39.5 Å². The monoisotopic (exact) mass is 610 g/mol. The van der Waals surface area contributed by atoms with Crippen molar-refractivity contribution in [3.8, 4) is 40.1 Å². The second-order valence-corrected chi connectivity index (χ2v) is 10.2. The maximum Gasteiger partial charge on any atom is 0.239 e. The molecule has 0 spiro atoms. The molecule has 1 aromatic heterocycles. The lowest BCUT2D eigenvalue weighted by Gasteiger charge is -2.39. The Bertz CT molecular complexity index is 1520. The van der Waals surface area contributed by atoms with Crippen LogP contribution in [-0.4, -0.2) is 119 Å². The molecule has 0 bridgehead atoms. The number of phenols is 3. The third-order valence-electron chi connectivity index (χ3n) is 7.29. The van der Waals surface area contributed by atoms with Crippen molar-refractivity contribution in [2.45, 2.75) is 68.3 Å². The van der Waals surface area contributed by atoms with E-state index in [1.165, 1.54) is 31.2 Å². The lowest BCUT2D eigenvalue weighted by molar-refractivity contribution is -0.277. The third-order valence-corrected chi connectivity index (χ3v) is 7.29. The maximum absolute atomic E-state index is 13.9. The first-order valence-corrected chi connectivity index (χ1v) is 13.0. The molecule has 0 unspecified atom stereocenters. The summed E-state index contributed by atoms with van der Waals surface area (Å²) in [6.45, 7) is 0.602. The molecule has 10 N–H and O–H groups in total. The molecule has 0 amide bonds. The van der Waals surface area contributed by atoms with E-state index in [0.717, 1.165) is 0 Å². The van der Waals surface area contributed by atoms with E-state index in [1.54, 1.807) is 0 Å². The Morgan fingerprint density at radius 3 is 1.95 bits per heavy atom. The minimum atomic E-state index is -1.92. The minimum absolute atomic E-state index is 0.0901. The molecular formula is C27H30O16. The third kappa shape index (κ3) is 5.44. The number of phenolic OH excluding ortho intramolecular Hbond substituents is 3. The molecule has 16 heteroatoms. The van der Waals surface area contributed by atoms with Gasteiger partial charge in [-0.2, -0.15) is 0 Å². The van der Waals surface area contributed by atoms with Crippen LogP contribution in [0.2, 0.25) is 0 Å². The first-order valence-electron chi connectivity index (χ1n) is 13.0. The summed E-state index contributed by atoms with van der Waals surface area (Å²) in [5, 5.41) is 101. The van der Waals surface area contributed by atoms with Gasteiger partial charge in [-0.15, -0.1) is 0 Å². The summed E-state index contributed by atoms with van der Waals surface area (Å²) in [4.78, 5) is 13.9. The summed E-state index contributed by atoms with van der Waals surface area (Å²) in [6.07, 6.45) is -16.5. The van der Waals surface area contributed by atoms with E-state index in [2.05, 4.69) is 0 Å². The fourth-order valence-electron chi connectivity index (χ4n) is 4.83. The van der Waals surface area contributed by atoms with Gasteiger partial charge in [0.15, 0.2) is 17.1 Å². The lowest BCUT2D eigenvalue weighted by Crippen LogP contribution is -2.60. The van der Waals surface area contributed by atoms with Crippen LogP contribution in [-0.2, 0) is 9.47 Å². The molecule has 2 aromatic carbocycles. The summed E-state index contributed by atoms with van der Waals surface area (Å²) in [5.74, 6) is -3.51. The fraction of sp³-hybridized carbons (Fsp3) is 0.444. The molecule has 0 radical (unpaired) electrons. The van der Waals surface area contributed by atoms with Crippen molar-refractivity contribution in [3.05, 3.63) is 40.6 Å². The molecule has 5 rings (SSSR count). The van der Waals surface area contributed by atoms with Crippen LogP contribution in [0.5, 0.6) is 28.7 Å². The van der Waals surface area contributed by atoms with Gasteiger partial charge in [0.25, 0.3) is 0 Å². The first kappa shape index (κ1) is 30.7. The molecule has 10 atom stereocenters. The standard InChI is InChI=1S/C27H30O16/c1-8-15(32)18(35)20(37)26(39-8)43-25-17(34)14-11(30)6-12(31)23(24(14)41-22(25)9-2-4-10(29)5-3-9)42-27-21(38)19(36)16(33)13(7-28)40-27/h2-6,8,13,15-16,18-21,26-33,35-38H,7H2,1H3/t8-,13+,15-,16+,18+,19-,20-,21+,26-,27-/m0/s1. The minimum Gasteiger partial charge on any atom is -0.508 e. The predicted molar refractivity (Wildman–Crippen MR) is 140 cm³/mol. The Balaban J connectivity index is 1.67. The zero-order valence-electron chi connectivity index (χ0n) is 22.3. The van der Waals surface area contributed by atoms with E-state index in [-0.39, 0.29) is 11.3 Å². The molecule has 3 heterocycles. The summed E-state index contributed by atoms with van der Waals surface area (Å²) in [7, 11) is 0. The number of ether oxygens (including phenoxy) is 4. The number of aliphatic hydroxyl groups is 7. The number of fused-ring (bicyclic) bond motifs is 1. The van der Waals surface area contributed by atoms with E-state index in [4.69, 9.17) is 23.4 Å². The highest BCUT2D eigenvalue weighted by Gasteiger charge is 2.46. The molecule has 16 nitrogen and oxygen atoms in total. The molecular weight excluding hydrogens is 580 g/mol. The molecule has 234 valence electrons. The molecule has 3 aromatic rings. The van der Waals surface area contributed by atoms with Crippen LogP contribution in [0.25, 0.3) is 22.3 Å². The highest BCUT2D eigenvalue weighted by atomic mass is 16.7. The van der Waals surface area contributed by atoms with Crippen LogP contribution in [0.1, 0.15) is 6.92 Å². The van der Waals surface area contributed by atoms with Crippen LogP contribution in [0.4, 0.5) is 0 Å². The summed E-state index contributed by atoms with van der Waals surface area (Å²) in [5.41, 5.74) is -1.61. The lowest BCUT2D eigenvalue weighted by atomic mass is 9.99. The van der Waals surface area contributed by atoms with Gasteiger partial charge in [-0.3, -0.25) is 4.79 Å². The van der Waals surface area contributed by atoms with Gasteiger partial charge in [0.2, 0.25) is 29.5 Å². The number of rotatable bonds is 6. The topological polar surface area (TPSA) is 269 Å². The number of aliphatic hydroxyl groups excluding tert-OH is 7. The average Bonchev–Trinajstić information content (AvgIpc) is 2.97. The van der Waals surface area contributed by atoms with E-state index in [0.29, 0.717) is 6.07 Å². The number of hydrogen-bond acceptors (Lipinski definition) is 16. The first-order chi connectivity index (χ1) is 20.3. The van der Waals surface area contributed by atoms with Gasteiger partial charge in [0.1, 0.15) is 59.6 Å². The molecule has 2 fully saturated rings. The Labute approximate surface area is 241 Å². The molecule has 0 aliphatic carbocycles. The zero-order valence-corrected chi connectivity index (χ0v) is 22.3. The van der Waals surface area contributed by atoms with Gasteiger partial charge in [-0.05, 0) is 31.2 Å². The Morgan fingerprint density at radius 1 is 0.744 bits per heavy atom. The Kier molecular flexibility index (Phi) is 8.41. The van der Waals surface area contributed by atoms with Gasteiger partial charge in [-0.1, -0.05) is 0 Å². The van der Waals surface area contributed by atoms with Gasteiger partial charge in [0, 0.05) is 11.6 Å². The molecule has 2 aliphatic rings. The van der Waals surface area contributed by atoms with Gasteiger partial charge in [-0.25, -0.2) is 0 Å². The summed E-state index contributed by atoms with van der Waals surface area (Å²) in [6, 6.07) is 5.81. The molecule has 2 saturated heterocycles. The number of benzene rings is 2. The highest BCUT2D eigenvalue weighted by molar-refractivity contribution is 5.93. The highest BCUT2D eigenvalue weighted by Crippen LogP contribution is 2.44. The van der Waals surface area contributed by atoms with Crippen molar-refractivity contribution in [3.63, 3.8) is 0 Å². The van der Waals surface area contributed by atoms with Crippen molar-refractivity contribution in [1.29, 1.82) is 0 Å². The van der Waals surface area contributed by atoms with Crippen molar-refractivity contribution < 1.29 is 74.4 Å². The normalized spacial score (nSPS) is 32.9.